The highest BCUT2D eigenvalue weighted by molar-refractivity contribution is 7.99. The van der Waals surface area contributed by atoms with Gasteiger partial charge in [0.05, 0.1) is 11.4 Å². The number of fused-ring (bicyclic) bond motifs is 1. The minimum absolute atomic E-state index is 0.0935. The van der Waals surface area contributed by atoms with Crippen LogP contribution in [0, 0.1) is 6.92 Å². The van der Waals surface area contributed by atoms with Crippen LogP contribution in [0.4, 0.5) is 5.69 Å². The van der Waals surface area contributed by atoms with Crippen molar-refractivity contribution in [3.05, 3.63) is 89.5 Å². The van der Waals surface area contributed by atoms with E-state index in [0.717, 1.165) is 34.3 Å². The normalized spacial score (nSPS) is 15.0. The maximum atomic E-state index is 13.4. The standard InChI is InChI=1S/C29H30N4OS/c1-19(2)24-10-6-8-12-26(24)33-28(22-15-13-20(3)14-16-22)30-31-29(33)35-18-27(34)32-21(4)17-23-9-5-7-11-25(23)32/h5-16,19,21H,17-18H2,1-4H3/t21-/m1/s1. The molecule has 5 nitrogen and oxygen atoms in total. The highest BCUT2D eigenvalue weighted by Crippen LogP contribution is 2.35. The SMILES string of the molecule is Cc1ccc(-c2nnc(SCC(=O)N3c4ccccc4C[C@H]3C)n2-c2ccccc2C(C)C)cc1. The van der Waals surface area contributed by atoms with E-state index in [1.54, 1.807) is 0 Å². The molecular weight excluding hydrogens is 452 g/mol. The van der Waals surface area contributed by atoms with Gasteiger partial charge in [-0.25, -0.2) is 0 Å². The molecule has 0 N–H and O–H groups in total. The van der Waals surface area contributed by atoms with E-state index in [4.69, 9.17) is 0 Å². The van der Waals surface area contributed by atoms with Gasteiger partial charge in [0.2, 0.25) is 5.91 Å². The molecule has 178 valence electrons. The summed E-state index contributed by atoms with van der Waals surface area (Å²) < 4.78 is 2.11. The second kappa shape index (κ2) is 9.70. The molecule has 1 amide bonds. The Kier molecular flexibility index (Phi) is 6.48. The summed E-state index contributed by atoms with van der Waals surface area (Å²) in [5, 5.41) is 9.87. The molecule has 0 fully saturated rings. The van der Waals surface area contributed by atoms with Gasteiger partial charge in [-0.2, -0.15) is 0 Å². The van der Waals surface area contributed by atoms with Crippen molar-refractivity contribution in [3.8, 4) is 17.1 Å². The van der Waals surface area contributed by atoms with Crippen molar-refractivity contribution in [2.75, 3.05) is 10.7 Å². The number of nitrogens with zero attached hydrogens (tertiary/aromatic N) is 4. The zero-order chi connectivity index (χ0) is 24.5. The van der Waals surface area contributed by atoms with Crippen molar-refractivity contribution in [1.82, 2.24) is 14.8 Å². The lowest BCUT2D eigenvalue weighted by atomic mass is 10.0. The van der Waals surface area contributed by atoms with Crippen molar-refractivity contribution in [1.29, 1.82) is 0 Å². The van der Waals surface area contributed by atoms with Gasteiger partial charge in [0, 0.05) is 17.3 Å². The first-order chi connectivity index (χ1) is 16.9. The van der Waals surface area contributed by atoms with E-state index < -0.39 is 0 Å². The van der Waals surface area contributed by atoms with Crippen LogP contribution in [0.15, 0.2) is 78.0 Å². The van der Waals surface area contributed by atoms with Crippen molar-refractivity contribution in [3.63, 3.8) is 0 Å². The van der Waals surface area contributed by atoms with Gasteiger partial charge >= 0.3 is 0 Å². The fourth-order valence-electron chi connectivity index (χ4n) is 4.79. The van der Waals surface area contributed by atoms with E-state index in [1.807, 2.05) is 29.2 Å². The Balaban J connectivity index is 1.50. The van der Waals surface area contributed by atoms with Crippen LogP contribution >= 0.6 is 11.8 Å². The summed E-state index contributed by atoms with van der Waals surface area (Å²) in [6.45, 7) is 8.57. The van der Waals surface area contributed by atoms with Crippen molar-refractivity contribution in [2.45, 2.75) is 51.2 Å². The molecule has 1 aliphatic heterocycles. The first-order valence-corrected chi connectivity index (χ1v) is 13.1. The first kappa shape index (κ1) is 23.4. The molecule has 1 atom stereocenters. The van der Waals surface area contributed by atoms with E-state index in [1.165, 1.54) is 28.5 Å². The average molecular weight is 483 g/mol. The van der Waals surface area contributed by atoms with Crippen LogP contribution in [-0.2, 0) is 11.2 Å². The highest BCUT2D eigenvalue weighted by Gasteiger charge is 2.31. The summed E-state index contributed by atoms with van der Waals surface area (Å²) in [6.07, 6.45) is 0.891. The van der Waals surface area contributed by atoms with Crippen LogP contribution < -0.4 is 4.90 Å². The molecule has 0 spiro atoms. The number of aryl methyl sites for hydroxylation is 1. The molecule has 1 aliphatic rings. The molecule has 2 heterocycles. The predicted molar refractivity (Wildman–Crippen MR) is 143 cm³/mol. The van der Waals surface area contributed by atoms with Crippen LogP contribution in [0.25, 0.3) is 17.1 Å². The third kappa shape index (κ3) is 4.50. The molecule has 3 aromatic carbocycles. The van der Waals surface area contributed by atoms with Crippen LogP contribution in [0.2, 0.25) is 0 Å². The number of carbonyl (C=O) groups excluding carboxylic acids is 1. The maximum Gasteiger partial charge on any atom is 0.237 e. The van der Waals surface area contributed by atoms with E-state index in [2.05, 4.69) is 91.0 Å². The molecule has 6 heteroatoms. The minimum atomic E-state index is 0.0935. The fourth-order valence-corrected chi connectivity index (χ4v) is 5.60. The quantitative estimate of drug-likeness (QED) is 0.297. The molecule has 0 saturated heterocycles. The van der Waals surface area contributed by atoms with Gasteiger partial charge in [-0.05, 0) is 49.4 Å². The van der Waals surface area contributed by atoms with Gasteiger partial charge in [-0.1, -0.05) is 91.8 Å². The summed E-state index contributed by atoms with van der Waals surface area (Å²) in [4.78, 5) is 15.3. The molecule has 0 bridgehead atoms. The summed E-state index contributed by atoms with van der Waals surface area (Å²) in [5.41, 5.74) is 6.73. The fraction of sp³-hybridized carbons (Fsp3) is 0.276. The number of aromatic nitrogens is 3. The van der Waals surface area contributed by atoms with E-state index in [9.17, 15) is 4.79 Å². The van der Waals surface area contributed by atoms with Gasteiger partial charge in [0.15, 0.2) is 11.0 Å². The Labute approximate surface area is 211 Å². The number of carbonyl (C=O) groups is 1. The number of benzene rings is 3. The lowest BCUT2D eigenvalue weighted by Crippen LogP contribution is -2.37. The van der Waals surface area contributed by atoms with Crippen LogP contribution in [0.5, 0.6) is 0 Å². The largest absolute Gasteiger partial charge is 0.308 e. The summed E-state index contributed by atoms with van der Waals surface area (Å²) in [7, 11) is 0. The van der Waals surface area contributed by atoms with Gasteiger partial charge < -0.3 is 4.90 Å². The van der Waals surface area contributed by atoms with Crippen LogP contribution in [-0.4, -0.2) is 32.5 Å². The average Bonchev–Trinajstić information content (AvgIpc) is 3.43. The second-order valence-corrected chi connectivity index (χ2v) is 10.4. The van der Waals surface area contributed by atoms with Crippen LogP contribution in [0.1, 0.15) is 43.4 Å². The third-order valence-corrected chi connectivity index (χ3v) is 7.46. The molecule has 0 saturated carbocycles. The number of amides is 1. The molecule has 0 radical (unpaired) electrons. The minimum Gasteiger partial charge on any atom is -0.308 e. The van der Waals surface area contributed by atoms with Crippen LogP contribution in [0.3, 0.4) is 0 Å². The summed E-state index contributed by atoms with van der Waals surface area (Å²) in [5.74, 6) is 1.51. The maximum absolute atomic E-state index is 13.4. The molecule has 0 unspecified atom stereocenters. The first-order valence-electron chi connectivity index (χ1n) is 12.1. The predicted octanol–water partition coefficient (Wildman–Crippen LogP) is 6.44. The molecular formula is C29H30N4OS. The Hall–Kier alpha value is -3.38. The second-order valence-electron chi connectivity index (χ2n) is 9.46. The number of hydrogen-bond donors (Lipinski definition) is 0. The number of hydrogen-bond acceptors (Lipinski definition) is 4. The molecule has 5 rings (SSSR count). The molecule has 1 aromatic heterocycles. The molecule has 0 aliphatic carbocycles. The van der Waals surface area contributed by atoms with Gasteiger partial charge in [0.1, 0.15) is 0 Å². The Bertz CT molecular complexity index is 1360. The Morgan fingerprint density at radius 3 is 2.40 bits per heavy atom. The van der Waals surface area contributed by atoms with Gasteiger partial charge in [-0.3, -0.25) is 9.36 Å². The zero-order valence-electron chi connectivity index (χ0n) is 20.6. The molecule has 4 aromatic rings. The highest BCUT2D eigenvalue weighted by atomic mass is 32.2. The number of thioether (sulfide) groups is 1. The molecule has 35 heavy (non-hydrogen) atoms. The monoisotopic (exact) mass is 482 g/mol. The van der Waals surface area contributed by atoms with Crippen molar-refractivity contribution < 1.29 is 4.79 Å². The lowest BCUT2D eigenvalue weighted by molar-refractivity contribution is -0.116. The van der Waals surface area contributed by atoms with E-state index in [-0.39, 0.29) is 11.9 Å². The topological polar surface area (TPSA) is 51.0 Å². The van der Waals surface area contributed by atoms with Gasteiger partial charge in [-0.15, -0.1) is 10.2 Å². The number of para-hydroxylation sites is 2. The van der Waals surface area contributed by atoms with E-state index >= 15 is 0 Å². The van der Waals surface area contributed by atoms with E-state index in [0.29, 0.717) is 11.7 Å². The van der Waals surface area contributed by atoms with Gasteiger partial charge in [0.25, 0.3) is 0 Å². The smallest absolute Gasteiger partial charge is 0.237 e. The third-order valence-electron chi connectivity index (χ3n) is 6.54. The van der Waals surface area contributed by atoms with Crippen molar-refractivity contribution in [2.24, 2.45) is 0 Å². The summed E-state index contributed by atoms with van der Waals surface area (Å²) in [6, 6.07) is 25.1. The Morgan fingerprint density at radius 1 is 0.971 bits per heavy atom. The summed E-state index contributed by atoms with van der Waals surface area (Å²) >= 11 is 1.45. The Morgan fingerprint density at radius 2 is 1.66 bits per heavy atom. The zero-order valence-corrected chi connectivity index (χ0v) is 21.4. The van der Waals surface area contributed by atoms with Crippen molar-refractivity contribution >= 4 is 23.4 Å². The number of rotatable bonds is 6. The lowest BCUT2D eigenvalue weighted by Gasteiger charge is -2.22. The number of anilines is 1.